The maximum absolute atomic E-state index is 15.1. The highest BCUT2D eigenvalue weighted by molar-refractivity contribution is 7.92. The highest BCUT2D eigenvalue weighted by Crippen LogP contribution is 2.41. The van der Waals surface area contributed by atoms with Crippen LogP contribution < -0.4 is 9.62 Å². The van der Waals surface area contributed by atoms with Crippen LogP contribution in [-0.4, -0.2) is 62.1 Å². The van der Waals surface area contributed by atoms with Crippen molar-refractivity contribution < 1.29 is 31.6 Å². The first kappa shape index (κ1) is 31.8. The van der Waals surface area contributed by atoms with Gasteiger partial charge in [-0.05, 0) is 43.3 Å². The monoisotopic (exact) mass is 679 g/mol. The third kappa shape index (κ3) is 5.32. The summed E-state index contributed by atoms with van der Waals surface area (Å²) in [4.78, 5) is 35.4. The number of furan rings is 1. The summed E-state index contributed by atoms with van der Waals surface area (Å²) in [7, 11) is 0.453. The molecule has 0 unspecified atom stereocenters. The molecule has 3 aromatic carbocycles. The van der Waals surface area contributed by atoms with Gasteiger partial charge in [0.1, 0.15) is 34.9 Å². The number of aromatic nitrogens is 3. The van der Waals surface area contributed by atoms with Crippen LogP contribution in [-0.2, 0) is 26.0 Å². The van der Waals surface area contributed by atoms with Crippen LogP contribution in [0.1, 0.15) is 21.7 Å². The Morgan fingerprint density at radius 3 is 2.45 bits per heavy atom. The quantitative estimate of drug-likeness (QED) is 0.202. The molecule has 0 aliphatic rings. The zero-order valence-corrected chi connectivity index (χ0v) is 28.0. The van der Waals surface area contributed by atoms with Gasteiger partial charge in [-0.2, -0.15) is 0 Å². The molecule has 0 atom stereocenters. The van der Waals surface area contributed by atoms with E-state index >= 15 is 4.39 Å². The number of anilines is 1. The number of nitrogens with one attached hydrogen (secondary N) is 1. The Kier molecular flexibility index (Phi) is 7.59. The first-order chi connectivity index (χ1) is 23.4. The van der Waals surface area contributed by atoms with Crippen LogP contribution in [0.3, 0.4) is 0 Å². The van der Waals surface area contributed by atoms with Crippen molar-refractivity contribution in [1.29, 1.82) is 0 Å². The number of nitrogens with zero attached hydrogens (tertiary/aromatic N) is 4. The topological polar surface area (TPSA) is 136 Å². The molecule has 0 aliphatic carbocycles. The minimum Gasteiger partial charge on any atom is -0.469 e. The largest absolute Gasteiger partial charge is 0.469 e. The van der Waals surface area contributed by atoms with Gasteiger partial charge in [0.05, 0.1) is 46.9 Å². The molecule has 0 bridgehead atoms. The highest BCUT2D eigenvalue weighted by atomic mass is 32.2. The maximum Gasteiger partial charge on any atom is 0.313 e. The van der Waals surface area contributed by atoms with Gasteiger partial charge >= 0.3 is 5.97 Å². The molecule has 0 spiro atoms. The predicted molar refractivity (Wildman–Crippen MR) is 186 cm³/mol. The number of ether oxygens (including phenoxy) is 1. The smallest absolute Gasteiger partial charge is 0.313 e. The van der Waals surface area contributed by atoms with Crippen molar-refractivity contribution in [1.82, 2.24) is 19.7 Å². The summed E-state index contributed by atoms with van der Waals surface area (Å²) in [6.07, 6.45) is 0.915. The van der Waals surface area contributed by atoms with E-state index in [9.17, 15) is 18.0 Å². The van der Waals surface area contributed by atoms with Crippen molar-refractivity contribution in [3.8, 4) is 22.6 Å². The number of amides is 1. The molecule has 1 amide bonds. The number of hydrogen-bond donors (Lipinski definition) is 1. The average Bonchev–Trinajstić information content (AvgIpc) is 3.67. The van der Waals surface area contributed by atoms with Gasteiger partial charge in [0.25, 0.3) is 5.91 Å². The van der Waals surface area contributed by atoms with E-state index < -0.39 is 21.8 Å². The number of fused-ring (bicyclic) bond motifs is 6. The van der Waals surface area contributed by atoms with E-state index in [1.165, 1.54) is 27.3 Å². The number of rotatable bonds is 7. The molecule has 0 saturated carbocycles. The molecule has 7 aromatic rings. The van der Waals surface area contributed by atoms with Crippen molar-refractivity contribution in [3.63, 3.8) is 0 Å². The third-order valence-electron chi connectivity index (χ3n) is 8.63. The minimum atomic E-state index is -3.77. The Hall–Kier alpha value is -5.82. The Morgan fingerprint density at radius 2 is 1.76 bits per heavy atom. The SMILES string of the molecule is CNC(=O)c1c(-c2ccc(C)cc2)oc2cc(N(C)S(C)(=O)=O)c(-c3ccc4nc(CC(=O)OC)n5c6cccc(F)c6cc5c4n3)cc12. The van der Waals surface area contributed by atoms with Crippen LogP contribution in [0.25, 0.3) is 61.0 Å². The molecular weight excluding hydrogens is 649 g/mol. The van der Waals surface area contributed by atoms with Crippen molar-refractivity contribution >= 4 is 66.0 Å². The molecular formula is C36H30FN5O6S. The second-order valence-corrected chi connectivity index (χ2v) is 13.7. The molecule has 0 aliphatic heterocycles. The van der Waals surface area contributed by atoms with E-state index in [0.29, 0.717) is 66.8 Å². The molecule has 0 saturated heterocycles. The van der Waals surface area contributed by atoms with Crippen LogP contribution in [0.15, 0.2) is 77.2 Å². The lowest BCUT2D eigenvalue weighted by Crippen LogP contribution is -2.25. The van der Waals surface area contributed by atoms with E-state index in [-0.39, 0.29) is 23.6 Å². The molecule has 49 heavy (non-hydrogen) atoms. The number of benzene rings is 3. The van der Waals surface area contributed by atoms with Gasteiger partial charge < -0.3 is 14.5 Å². The molecule has 4 heterocycles. The summed E-state index contributed by atoms with van der Waals surface area (Å²) in [5.41, 5.74) is 5.08. The zero-order chi connectivity index (χ0) is 34.8. The van der Waals surface area contributed by atoms with Crippen LogP contribution in [0, 0.1) is 12.7 Å². The molecule has 11 nitrogen and oxygen atoms in total. The van der Waals surface area contributed by atoms with Crippen molar-refractivity contribution in [2.24, 2.45) is 0 Å². The Morgan fingerprint density at radius 1 is 1.00 bits per heavy atom. The molecule has 4 aromatic heterocycles. The number of aryl methyl sites for hydroxylation is 1. The number of pyridine rings is 1. The summed E-state index contributed by atoms with van der Waals surface area (Å²) < 4.78 is 54.9. The molecule has 0 radical (unpaired) electrons. The molecule has 0 fully saturated rings. The molecule has 7 rings (SSSR count). The van der Waals surface area contributed by atoms with Gasteiger partial charge in [-0.1, -0.05) is 35.9 Å². The van der Waals surface area contributed by atoms with E-state index in [0.717, 1.165) is 16.1 Å². The summed E-state index contributed by atoms with van der Waals surface area (Å²) >= 11 is 0. The van der Waals surface area contributed by atoms with Gasteiger partial charge in [0.15, 0.2) is 0 Å². The van der Waals surface area contributed by atoms with Crippen LogP contribution in [0.4, 0.5) is 10.1 Å². The Labute approximate surface area is 280 Å². The van der Waals surface area contributed by atoms with Crippen LogP contribution in [0.5, 0.6) is 0 Å². The molecule has 13 heteroatoms. The molecule has 248 valence electrons. The number of carbonyl (C=O) groups excluding carboxylic acids is 2. The van der Waals surface area contributed by atoms with Gasteiger partial charge in [-0.25, -0.2) is 22.8 Å². The fourth-order valence-electron chi connectivity index (χ4n) is 6.07. The summed E-state index contributed by atoms with van der Waals surface area (Å²) in [6.45, 7) is 1.95. The van der Waals surface area contributed by atoms with E-state index in [1.807, 2.05) is 31.2 Å². The summed E-state index contributed by atoms with van der Waals surface area (Å²) in [6, 6.07) is 20.5. The summed E-state index contributed by atoms with van der Waals surface area (Å²) in [5.74, 6) is -0.697. The molecule has 1 N–H and O–H groups in total. The predicted octanol–water partition coefficient (Wildman–Crippen LogP) is 6.03. The lowest BCUT2D eigenvalue weighted by Gasteiger charge is -2.20. The Bertz CT molecular complexity index is 2610. The maximum atomic E-state index is 15.1. The van der Waals surface area contributed by atoms with Crippen LogP contribution in [0.2, 0.25) is 0 Å². The number of esters is 1. The first-order valence-electron chi connectivity index (χ1n) is 15.2. The first-order valence-corrected chi connectivity index (χ1v) is 17.0. The van der Waals surface area contributed by atoms with E-state index in [2.05, 4.69) is 5.32 Å². The van der Waals surface area contributed by atoms with Gasteiger partial charge in [-0.15, -0.1) is 0 Å². The normalized spacial score (nSPS) is 11.9. The fourth-order valence-corrected chi connectivity index (χ4v) is 6.58. The van der Waals surface area contributed by atoms with E-state index in [4.69, 9.17) is 19.1 Å². The number of methoxy groups -OCH3 is 1. The highest BCUT2D eigenvalue weighted by Gasteiger charge is 2.27. The summed E-state index contributed by atoms with van der Waals surface area (Å²) in [5, 5.41) is 3.45. The standard InChI is InChI=1S/C36H30FN5O6S/c1-19-9-11-20(12-10-19)35-33(36(44)38-2)23-15-22(28(17-30(23)48-35)41(3)49(5,45)46)25-13-14-26-34(40-25)29-16-21-24(37)7-6-8-27(21)42(29)31(39-26)18-32(43)47-4/h6-17H,18H2,1-5H3,(H,38,44). The number of hydrogen-bond acceptors (Lipinski definition) is 8. The van der Waals surface area contributed by atoms with Gasteiger partial charge in [-0.3, -0.25) is 18.3 Å². The zero-order valence-electron chi connectivity index (χ0n) is 27.2. The minimum absolute atomic E-state index is 0.170. The Balaban J connectivity index is 1.55. The van der Waals surface area contributed by atoms with Crippen molar-refractivity contribution in [2.45, 2.75) is 13.3 Å². The lowest BCUT2D eigenvalue weighted by atomic mass is 10.00. The second kappa shape index (κ2) is 11.7. The van der Waals surface area contributed by atoms with Crippen molar-refractivity contribution in [3.05, 3.63) is 95.6 Å². The van der Waals surface area contributed by atoms with Crippen molar-refractivity contribution in [2.75, 3.05) is 31.8 Å². The lowest BCUT2D eigenvalue weighted by molar-refractivity contribution is -0.139. The van der Waals surface area contributed by atoms with Gasteiger partial charge in [0, 0.05) is 42.1 Å². The average molecular weight is 680 g/mol. The fraction of sp³-hybridized carbons (Fsp3) is 0.167. The number of sulfonamides is 1. The van der Waals surface area contributed by atoms with Gasteiger partial charge in [0.2, 0.25) is 10.0 Å². The third-order valence-corrected chi connectivity index (χ3v) is 9.83. The number of halogens is 1. The van der Waals surface area contributed by atoms with E-state index in [1.54, 1.807) is 46.9 Å². The second-order valence-electron chi connectivity index (χ2n) is 11.7. The van der Waals surface area contributed by atoms with Crippen LogP contribution >= 0.6 is 0 Å². The number of carbonyl (C=O) groups is 2.